The number of hydrogen-bond donors (Lipinski definition) is 1. The van der Waals surface area contributed by atoms with Crippen LogP contribution in [0.2, 0.25) is 0 Å². The molecule has 0 bridgehead atoms. The van der Waals surface area contributed by atoms with Gasteiger partial charge in [0.05, 0.1) is 12.6 Å². The molecular weight excluding hydrogens is 272 g/mol. The van der Waals surface area contributed by atoms with Gasteiger partial charge in [0, 0.05) is 20.2 Å². The molecule has 0 aliphatic heterocycles. The molecule has 1 amide bonds. The summed E-state index contributed by atoms with van der Waals surface area (Å²) in [5, 5.41) is 0. The molecule has 112 valence electrons. The van der Waals surface area contributed by atoms with Crippen molar-refractivity contribution in [2.24, 2.45) is 5.73 Å². The Labute approximate surface area is 125 Å². The number of nitrogens with two attached hydrogens (primary N) is 1. The highest BCUT2D eigenvalue weighted by atomic mass is 32.2. The highest BCUT2D eigenvalue weighted by Gasteiger charge is 2.20. The summed E-state index contributed by atoms with van der Waals surface area (Å²) < 4.78 is 5.08. The summed E-state index contributed by atoms with van der Waals surface area (Å²) >= 11 is 1.71. The number of hydrogen-bond acceptors (Lipinski definition) is 4. The van der Waals surface area contributed by atoms with Gasteiger partial charge in [-0.15, -0.1) is 0 Å². The normalized spacial score (nSPS) is 12.2. The molecule has 0 spiro atoms. The highest BCUT2D eigenvalue weighted by Crippen LogP contribution is 2.08. The van der Waals surface area contributed by atoms with Crippen LogP contribution in [0, 0.1) is 0 Å². The Morgan fingerprint density at radius 2 is 2.10 bits per heavy atom. The van der Waals surface area contributed by atoms with E-state index in [9.17, 15) is 4.79 Å². The van der Waals surface area contributed by atoms with E-state index in [1.54, 1.807) is 23.8 Å². The lowest BCUT2D eigenvalue weighted by Crippen LogP contribution is -2.45. The smallest absolute Gasteiger partial charge is 0.239 e. The van der Waals surface area contributed by atoms with E-state index in [2.05, 4.69) is 0 Å². The SMILES string of the molecule is COCCN(Cc1ccccc1)C(=O)[C@@H](N)CCSC. The summed E-state index contributed by atoms with van der Waals surface area (Å²) in [4.78, 5) is 14.2. The number of rotatable bonds is 9. The van der Waals surface area contributed by atoms with Gasteiger partial charge in [-0.3, -0.25) is 4.79 Å². The average molecular weight is 296 g/mol. The van der Waals surface area contributed by atoms with Crippen molar-refractivity contribution < 1.29 is 9.53 Å². The van der Waals surface area contributed by atoms with E-state index < -0.39 is 6.04 Å². The van der Waals surface area contributed by atoms with Gasteiger partial charge >= 0.3 is 0 Å². The standard InChI is InChI=1S/C15H24N2O2S/c1-19-10-9-17(12-13-6-4-3-5-7-13)15(18)14(16)8-11-20-2/h3-7,14H,8-12,16H2,1-2H3/t14-/m0/s1. The quantitative estimate of drug-likeness (QED) is 0.754. The van der Waals surface area contributed by atoms with Crippen LogP contribution in [0.15, 0.2) is 30.3 Å². The van der Waals surface area contributed by atoms with Gasteiger partial charge in [-0.1, -0.05) is 30.3 Å². The van der Waals surface area contributed by atoms with Crippen molar-refractivity contribution in [2.45, 2.75) is 19.0 Å². The Bertz CT molecular complexity index is 387. The van der Waals surface area contributed by atoms with Gasteiger partial charge in [0.2, 0.25) is 5.91 Å². The van der Waals surface area contributed by atoms with Crippen LogP contribution in [0.25, 0.3) is 0 Å². The number of benzene rings is 1. The molecular formula is C15H24N2O2S. The van der Waals surface area contributed by atoms with Gasteiger partial charge in [-0.2, -0.15) is 11.8 Å². The van der Waals surface area contributed by atoms with E-state index in [1.165, 1.54) is 0 Å². The van der Waals surface area contributed by atoms with Crippen LogP contribution in [0.4, 0.5) is 0 Å². The van der Waals surface area contributed by atoms with E-state index in [0.29, 0.717) is 26.1 Å². The first-order valence-corrected chi connectivity index (χ1v) is 8.14. The van der Waals surface area contributed by atoms with Crippen molar-refractivity contribution in [3.05, 3.63) is 35.9 Å². The maximum absolute atomic E-state index is 12.4. The van der Waals surface area contributed by atoms with Crippen molar-refractivity contribution in [3.63, 3.8) is 0 Å². The summed E-state index contributed by atoms with van der Waals surface area (Å²) in [6, 6.07) is 9.52. The van der Waals surface area contributed by atoms with Gasteiger partial charge in [-0.05, 0) is 24.0 Å². The number of amides is 1. The van der Waals surface area contributed by atoms with Gasteiger partial charge in [-0.25, -0.2) is 0 Å². The predicted molar refractivity (Wildman–Crippen MR) is 84.7 cm³/mol. The first kappa shape index (κ1) is 17.0. The molecule has 0 saturated carbocycles. The van der Waals surface area contributed by atoms with Gasteiger partial charge in [0.15, 0.2) is 0 Å². The number of ether oxygens (including phenoxy) is 1. The second-order valence-corrected chi connectivity index (χ2v) is 5.61. The Kier molecular flexibility index (Phi) is 8.34. The van der Waals surface area contributed by atoms with Crippen LogP contribution in [-0.4, -0.2) is 49.1 Å². The molecule has 2 N–H and O–H groups in total. The second kappa shape index (κ2) is 9.80. The van der Waals surface area contributed by atoms with Crippen LogP contribution in [0.1, 0.15) is 12.0 Å². The molecule has 0 aliphatic carbocycles. The molecule has 0 aromatic heterocycles. The molecule has 1 aromatic carbocycles. The molecule has 1 atom stereocenters. The summed E-state index contributed by atoms with van der Waals surface area (Å²) in [5.41, 5.74) is 7.09. The first-order valence-electron chi connectivity index (χ1n) is 6.75. The fraction of sp³-hybridized carbons (Fsp3) is 0.533. The van der Waals surface area contributed by atoms with Crippen molar-refractivity contribution in [3.8, 4) is 0 Å². The summed E-state index contributed by atoms with van der Waals surface area (Å²) in [5.74, 6) is 0.899. The van der Waals surface area contributed by atoms with Gasteiger partial charge in [0.1, 0.15) is 0 Å². The zero-order chi connectivity index (χ0) is 14.8. The minimum Gasteiger partial charge on any atom is -0.383 e. The van der Waals surface area contributed by atoms with Gasteiger partial charge in [0.25, 0.3) is 0 Å². The molecule has 1 rings (SSSR count). The van der Waals surface area contributed by atoms with Crippen molar-refractivity contribution in [1.29, 1.82) is 0 Å². The molecule has 0 saturated heterocycles. The van der Waals surface area contributed by atoms with Crippen LogP contribution >= 0.6 is 11.8 Å². The van der Waals surface area contributed by atoms with E-state index in [4.69, 9.17) is 10.5 Å². The topological polar surface area (TPSA) is 55.6 Å². The summed E-state index contributed by atoms with van der Waals surface area (Å²) in [6.45, 7) is 1.67. The monoisotopic (exact) mass is 296 g/mol. The number of carbonyl (C=O) groups is 1. The van der Waals surface area contributed by atoms with Gasteiger partial charge < -0.3 is 15.4 Å². The lowest BCUT2D eigenvalue weighted by atomic mass is 10.1. The maximum Gasteiger partial charge on any atom is 0.239 e. The third kappa shape index (κ3) is 5.94. The third-order valence-electron chi connectivity index (χ3n) is 3.04. The molecule has 0 fully saturated rings. The zero-order valence-corrected chi connectivity index (χ0v) is 13.1. The van der Waals surface area contributed by atoms with Crippen molar-refractivity contribution in [2.75, 3.05) is 32.3 Å². The minimum atomic E-state index is -0.428. The molecule has 5 heteroatoms. The molecule has 0 aliphatic rings. The van der Waals surface area contributed by atoms with Crippen LogP contribution in [0.5, 0.6) is 0 Å². The first-order chi connectivity index (χ1) is 9.69. The highest BCUT2D eigenvalue weighted by molar-refractivity contribution is 7.98. The Hall–Kier alpha value is -1.04. The molecule has 0 unspecified atom stereocenters. The van der Waals surface area contributed by atoms with E-state index in [0.717, 1.165) is 11.3 Å². The number of methoxy groups -OCH3 is 1. The Balaban J connectivity index is 2.65. The molecule has 4 nitrogen and oxygen atoms in total. The minimum absolute atomic E-state index is 0.0000435. The maximum atomic E-state index is 12.4. The summed E-state index contributed by atoms with van der Waals surface area (Å²) in [7, 11) is 1.64. The molecule has 1 aromatic rings. The van der Waals surface area contributed by atoms with E-state index in [-0.39, 0.29) is 5.91 Å². The van der Waals surface area contributed by atoms with Crippen LogP contribution in [0.3, 0.4) is 0 Å². The van der Waals surface area contributed by atoms with E-state index in [1.807, 2.05) is 36.6 Å². The fourth-order valence-corrected chi connectivity index (χ4v) is 2.36. The number of carbonyl (C=O) groups excluding carboxylic acids is 1. The Morgan fingerprint density at radius 3 is 2.70 bits per heavy atom. The molecule has 0 radical (unpaired) electrons. The lowest BCUT2D eigenvalue weighted by molar-refractivity contribution is -0.133. The number of nitrogens with zero attached hydrogens (tertiary/aromatic N) is 1. The van der Waals surface area contributed by atoms with Crippen molar-refractivity contribution >= 4 is 17.7 Å². The average Bonchev–Trinajstić information content (AvgIpc) is 2.49. The fourth-order valence-electron chi connectivity index (χ4n) is 1.88. The lowest BCUT2D eigenvalue weighted by Gasteiger charge is -2.25. The van der Waals surface area contributed by atoms with E-state index >= 15 is 0 Å². The second-order valence-electron chi connectivity index (χ2n) is 4.63. The molecule has 20 heavy (non-hydrogen) atoms. The molecule has 0 heterocycles. The predicted octanol–water partition coefficient (Wildman–Crippen LogP) is 1.74. The van der Waals surface area contributed by atoms with Crippen molar-refractivity contribution in [1.82, 2.24) is 4.90 Å². The zero-order valence-electron chi connectivity index (χ0n) is 12.2. The third-order valence-corrected chi connectivity index (χ3v) is 3.69. The Morgan fingerprint density at radius 1 is 1.40 bits per heavy atom. The summed E-state index contributed by atoms with van der Waals surface area (Å²) in [6.07, 6.45) is 2.72. The number of thioether (sulfide) groups is 1. The largest absolute Gasteiger partial charge is 0.383 e. The van der Waals surface area contributed by atoms with Crippen LogP contribution in [-0.2, 0) is 16.1 Å². The van der Waals surface area contributed by atoms with Crippen LogP contribution < -0.4 is 5.73 Å².